The van der Waals surface area contributed by atoms with Gasteiger partial charge in [-0.1, -0.05) is 42.1 Å². The lowest BCUT2D eigenvalue weighted by Crippen LogP contribution is -2.38. The first kappa shape index (κ1) is 22.7. The van der Waals surface area contributed by atoms with Crippen LogP contribution in [0.25, 0.3) is 0 Å². The third-order valence-electron chi connectivity index (χ3n) is 6.13. The van der Waals surface area contributed by atoms with Gasteiger partial charge in [0, 0.05) is 37.6 Å². The maximum atomic E-state index is 12.7. The summed E-state index contributed by atoms with van der Waals surface area (Å²) in [4.78, 5) is 17.3. The van der Waals surface area contributed by atoms with Crippen LogP contribution in [0.5, 0.6) is 0 Å². The predicted molar refractivity (Wildman–Crippen MR) is 136 cm³/mol. The van der Waals surface area contributed by atoms with Crippen LogP contribution in [0, 0.1) is 0 Å². The van der Waals surface area contributed by atoms with Crippen LogP contribution in [0.15, 0.2) is 59.8 Å². The number of thioether (sulfide) groups is 1. The van der Waals surface area contributed by atoms with Crippen molar-refractivity contribution in [2.24, 2.45) is 0 Å². The number of hydrogen-bond donors (Lipinski definition) is 1. The largest absolute Gasteiger partial charge is 0.378 e. The van der Waals surface area contributed by atoms with Gasteiger partial charge in [0.2, 0.25) is 11.9 Å². The molecule has 0 radical (unpaired) electrons. The zero-order chi connectivity index (χ0) is 23.2. The highest BCUT2D eigenvalue weighted by Crippen LogP contribution is 2.25. The van der Waals surface area contributed by atoms with Gasteiger partial charge in [0.05, 0.1) is 25.5 Å². The fraction of sp³-hybridized carbons (Fsp3) is 0.400. The van der Waals surface area contributed by atoms with Crippen molar-refractivity contribution < 1.29 is 9.53 Å². The van der Waals surface area contributed by atoms with E-state index < -0.39 is 0 Å². The summed E-state index contributed by atoms with van der Waals surface area (Å²) in [7, 11) is 0. The molecule has 0 unspecified atom stereocenters. The molecule has 9 heteroatoms. The quantitative estimate of drug-likeness (QED) is 0.497. The number of benzene rings is 2. The summed E-state index contributed by atoms with van der Waals surface area (Å²) in [6, 6.07) is 18.4. The molecule has 0 saturated carbocycles. The third kappa shape index (κ3) is 5.53. The van der Waals surface area contributed by atoms with Crippen LogP contribution in [0.2, 0.25) is 0 Å². The van der Waals surface area contributed by atoms with Gasteiger partial charge in [-0.3, -0.25) is 9.36 Å². The molecule has 5 rings (SSSR count). The highest BCUT2D eigenvalue weighted by molar-refractivity contribution is 7.99. The van der Waals surface area contributed by atoms with Crippen LogP contribution in [0.4, 0.5) is 17.3 Å². The van der Waals surface area contributed by atoms with E-state index in [0.29, 0.717) is 19.8 Å². The van der Waals surface area contributed by atoms with Gasteiger partial charge in [-0.15, -0.1) is 10.2 Å². The van der Waals surface area contributed by atoms with Gasteiger partial charge in [-0.25, -0.2) is 0 Å². The topological polar surface area (TPSA) is 75.5 Å². The standard InChI is InChI=1S/C25H30N6O2S/c32-23(26-21-8-10-22(11-9-21)29-12-4-5-13-29)19-34-25-28-27-24(30-14-16-33-17-15-30)31(25)18-20-6-2-1-3-7-20/h1-3,6-11H,4-5,12-19H2,(H,26,32). The number of aromatic nitrogens is 3. The number of hydrogen-bond acceptors (Lipinski definition) is 7. The van der Waals surface area contributed by atoms with Crippen molar-refractivity contribution in [1.29, 1.82) is 0 Å². The molecule has 3 heterocycles. The lowest BCUT2D eigenvalue weighted by molar-refractivity contribution is -0.113. The molecule has 0 aliphatic carbocycles. The van der Waals surface area contributed by atoms with Gasteiger partial charge < -0.3 is 19.9 Å². The number of ether oxygens (including phenoxy) is 1. The minimum atomic E-state index is -0.0545. The van der Waals surface area contributed by atoms with E-state index >= 15 is 0 Å². The predicted octanol–water partition coefficient (Wildman–Crippen LogP) is 3.49. The van der Waals surface area contributed by atoms with Crippen molar-refractivity contribution in [1.82, 2.24) is 14.8 Å². The van der Waals surface area contributed by atoms with Crippen LogP contribution in [-0.2, 0) is 16.1 Å². The Morgan fingerprint density at radius 1 is 0.912 bits per heavy atom. The monoisotopic (exact) mass is 478 g/mol. The molecule has 0 bridgehead atoms. The summed E-state index contributed by atoms with van der Waals surface area (Å²) in [5, 5.41) is 12.6. The average Bonchev–Trinajstić information content (AvgIpc) is 3.55. The summed E-state index contributed by atoms with van der Waals surface area (Å²) < 4.78 is 7.60. The van der Waals surface area contributed by atoms with Crippen molar-refractivity contribution in [2.45, 2.75) is 24.5 Å². The van der Waals surface area contributed by atoms with Gasteiger partial charge in [-0.2, -0.15) is 0 Å². The van der Waals surface area contributed by atoms with E-state index in [1.165, 1.54) is 35.9 Å². The van der Waals surface area contributed by atoms with E-state index in [2.05, 4.69) is 54.1 Å². The lowest BCUT2D eigenvalue weighted by Gasteiger charge is -2.28. The zero-order valence-electron chi connectivity index (χ0n) is 19.2. The van der Waals surface area contributed by atoms with Crippen molar-refractivity contribution in [3.05, 3.63) is 60.2 Å². The summed E-state index contributed by atoms with van der Waals surface area (Å²) in [5.41, 5.74) is 3.20. The van der Waals surface area contributed by atoms with E-state index in [1.807, 2.05) is 30.3 Å². The summed E-state index contributed by atoms with van der Waals surface area (Å²) in [5.74, 6) is 1.04. The Labute approximate surface area is 204 Å². The molecule has 1 aromatic heterocycles. The van der Waals surface area contributed by atoms with E-state index in [-0.39, 0.29) is 11.7 Å². The van der Waals surface area contributed by atoms with Crippen LogP contribution in [0.3, 0.4) is 0 Å². The Hall–Kier alpha value is -3.04. The molecule has 2 aliphatic heterocycles. The molecular weight excluding hydrogens is 448 g/mol. The molecule has 2 aromatic carbocycles. The van der Waals surface area contributed by atoms with Crippen molar-refractivity contribution in [2.75, 3.05) is 60.3 Å². The first-order valence-electron chi connectivity index (χ1n) is 11.8. The second kappa shape index (κ2) is 10.9. The number of rotatable bonds is 8. The number of nitrogens with zero attached hydrogens (tertiary/aromatic N) is 5. The maximum Gasteiger partial charge on any atom is 0.234 e. The Kier molecular flexibility index (Phi) is 7.31. The second-order valence-electron chi connectivity index (χ2n) is 8.53. The number of morpholine rings is 1. The van der Waals surface area contributed by atoms with Crippen LogP contribution >= 0.6 is 11.8 Å². The van der Waals surface area contributed by atoms with E-state index in [1.54, 1.807) is 0 Å². The second-order valence-corrected chi connectivity index (χ2v) is 9.47. The van der Waals surface area contributed by atoms with Gasteiger partial charge in [0.1, 0.15) is 0 Å². The van der Waals surface area contributed by atoms with Crippen molar-refractivity contribution in [3.63, 3.8) is 0 Å². The van der Waals surface area contributed by atoms with Crippen LogP contribution < -0.4 is 15.1 Å². The van der Waals surface area contributed by atoms with E-state index in [9.17, 15) is 4.79 Å². The Morgan fingerprint density at radius 3 is 2.38 bits per heavy atom. The normalized spacial score (nSPS) is 16.1. The number of amides is 1. The first-order chi connectivity index (χ1) is 16.8. The van der Waals surface area contributed by atoms with Gasteiger partial charge in [0.25, 0.3) is 0 Å². The molecule has 2 aliphatic rings. The number of carbonyl (C=O) groups excluding carboxylic acids is 1. The molecule has 1 N–H and O–H groups in total. The number of nitrogens with one attached hydrogen (secondary N) is 1. The van der Waals surface area contributed by atoms with Crippen molar-refractivity contribution >= 4 is 35.0 Å². The zero-order valence-corrected chi connectivity index (χ0v) is 20.0. The Balaban J connectivity index is 1.24. The first-order valence-corrected chi connectivity index (χ1v) is 12.8. The summed E-state index contributed by atoms with van der Waals surface area (Å²) >= 11 is 1.41. The van der Waals surface area contributed by atoms with Gasteiger partial charge in [0.15, 0.2) is 5.16 Å². The molecule has 0 atom stereocenters. The smallest absolute Gasteiger partial charge is 0.234 e. The molecular formula is C25H30N6O2S. The molecule has 8 nitrogen and oxygen atoms in total. The summed E-state index contributed by atoms with van der Waals surface area (Å²) in [6.45, 7) is 5.80. The van der Waals surface area contributed by atoms with Crippen LogP contribution in [-0.4, -0.2) is 65.8 Å². The number of anilines is 3. The number of carbonyl (C=O) groups is 1. The molecule has 2 saturated heterocycles. The molecule has 178 valence electrons. The van der Waals surface area contributed by atoms with E-state index in [4.69, 9.17) is 4.74 Å². The Bertz CT molecular complexity index is 1080. The SMILES string of the molecule is O=C(CSc1nnc(N2CCOCC2)n1Cc1ccccc1)Nc1ccc(N2CCCC2)cc1. The lowest BCUT2D eigenvalue weighted by atomic mass is 10.2. The molecule has 2 fully saturated rings. The highest BCUT2D eigenvalue weighted by atomic mass is 32.2. The molecule has 1 amide bonds. The average molecular weight is 479 g/mol. The molecule has 34 heavy (non-hydrogen) atoms. The third-order valence-corrected chi connectivity index (χ3v) is 7.10. The van der Waals surface area contributed by atoms with E-state index in [0.717, 1.165) is 43.0 Å². The van der Waals surface area contributed by atoms with Crippen LogP contribution in [0.1, 0.15) is 18.4 Å². The maximum absolute atomic E-state index is 12.7. The fourth-order valence-electron chi connectivity index (χ4n) is 4.35. The minimum Gasteiger partial charge on any atom is -0.378 e. The molecule has 3 aromatic rings. The van der Waals surface area contributed by atoms with Gasteiger partial charge in [-0.05, 0) is 42.7 Å². The fourth-order valence-corrected chi connectivity index (χ4v) is 5.08. The van der Waals surface area contributed by atoms with Crippen molar-refractivity contribution in [3.8, 4) is 0 Å². The minimum absolute atomic E-state index is 0.0545. The Morgan fingerprint density at radius 2 is 1.65 bits per heavy atom. The summed E-state index contributed by atoms with van der Waals surface area (Å²) in [6.07, 6.45) is 2.50. The molecule has 0 spiro atoms. The van der Waals surface area contributed by atoms with Gasteiger partial charge >= 0.3 is 0 Å². The highest BCUT2D eigenvalue weighted by Gasteiger charge is 2.21.